The molecule has 1 N–H and O–H groups in total. The van der Waals surface area contributed by atoms with Crippen molar-refractivity contribution in [3.05, 3.63) is 33.4 Å². The number of sulfonamides is 1. The molecule has 1 atom stereocenters. The molecule has 1 aromatic rings. The third-order valence-electron chi connectivity index (χ3n) is 3.75. The van der Waals surface area contributed by atoms with Crippen molar-refractivity contribution in [2.75, 3.05) is 6.54 Å². The van der Waals surface area contributed by atoms with Crippen molar-refractivity contribution >= 4 is 21.7 Å². The van der Waals surface area contributed by atoms with E-state index in [2.05, 4.69) is 0 Å². The summed E-state index contributed by atoms with van der Waals surface area (Å²) in [5.41, 5.74) is 0.165. The molecule has 0 aromatic heterocycles. The van der Waals surface area contributed by atoms with E-state index in [4.69, 9.17) is 5.11 Å². The lowest BCUT2D eigenvalue weighted by molar-refractivity contribution is -0.385. The van der Waals surface area contributed by atoms with Gasteiger partial charge in [0.15, 0.2) is 0 Å². The third-order valence-corrected chi connectivity index (χ3v) is 5.78. The predicted octanol–water partition coefficient (Wildman–Crippen LogP) is 1.45. The fraction of sp³-hybridized carbons (Fsp3) is 0.462. The Morgan fingerprint density at radius 1 is 1.41 bits per heavy atom. The molecular weight excluding hydrogens is 312 g/mol. The molecule has 0 radical (unpaired) electrons. The zero-order valence-corrected chi connectivity index (χ0v) is 13.0. The number of nitro benzene ring substituents is 1. The average Bonchev–Trinajstić information content (AvgIpc) is 2.90. The van der Waals surface area contributed by atoms with Gasteiger partial charge < -0.3 is 5.11 Å². The molecule has 22 heavy (non-hydrogen) atoms. The Hall–Kier alpha value is -2.00. The van der Waals surface area contributed by atoms with Crippen LogP contribution in [0.2, 0.25) is 0 Å². The standard InChI is InChI=1S/C13H16N2O6S/c1-8-6-11(15(18)19)9(2)12(7-8)22(20,21)14-5-3-4-10(14)13(16)17/h6-7,10H,3-5H2,1-2H3,(H,16,17)/t10-/m1/s1. The topological polar surface area (TPSA) is 118 Å². The van der Waals surface area contributed by atoms with Gasteiger partial charge in [0.25, 0.3) is 5.69 Å². The van der Waals surface area contributed by atoms with Crippen molar-refractivity contribution in [3.63, 3.8) is 0 Å². The van der Waals surface area contributed by atoms with E-state index in [0.29, 0.717) is 12.0 Å². The predicted molar refractivity (Wildman–Crippen MR) is 77.1 cm³/mol. The molecule has 1 fully saturated rings. The number of hydrogen-bond donors (Lipinski definition) is 1. The van der Waals surface area contributed by atoms with Gasteiger partial charge in [-0.2, -0.15) is 4.31 Å². The quantitative estimate of drug-likeness (QED) is 0.660. The maximum Gasteiger partial charge on any atom is 0.322 e. The maximum absolute atomic E-state index is 12.7. The average molecular weight is 328 g/mol. The first kappa shape index (κ1) is 16.4. The molecule has 120 valence electrons. The van der Waals surface area contributed by atoms with Gasteiger partial charge in [-0.1, -0.05) is 0 Å². The van der Waals surface area contributed by atoms with Gasteiger partial charge in [0.05, 0.1) is 9.82 Å². The summed E-state index contributed by atoms with van der Waals surface area (Å²) in [6.07, 6.45) is 0.685. The Bertz CT molecular complexity index is 743. The fourth-order valence-corrected chi connectivity index (χ4v) is 4.64. The number of nitrogens with zero attached hydrogens (tertiary/aromatic N) is 2. The van der Waals surface area contributed by atoms with Crippen LogP contribution in [0.1, 0.15) is 24.0 Å². The van der Waals surface area contributed by atoms with Gasteiger partial charge >= 0.3 is 5.97 Å². The third kappa shape index (κ3) is 2.69. The molecule has 0 unspecified atom stereocenters. The summed E-state index contributed by atoms with van der Waals surface area (Å²) in [5, 5.41) is 20.2. The smallest absolute Gasteiger partial charge is 0.322 e. The Kier molecular flexibility index (Phi) is 4.21. The second-order valence-electron chi connectivity index (χ2n) is 5.28. The normalized spacial score (nSPS) is 19.3. The van der Waals surface area contributed by atoms with Crippen LogP contribution < -0.4 is 0 Å². The first-order chi connectivity index (χ1) is 10.2. The first-order valence-corrected chi connectivity index (χ1v) is 8.10. The van der Waals surface area contributed by atoms with E-state index < -0.39 is 27.0 Å². The molecule has 1 aliphatic rings. The van der Waals surface area contributed by atoms with Crippen molar-refractivity contribution in [1.29, 1.82) is 0 Å². The lowest BCUT2D eigenvalue weighted by atomic mass is 10.1. The van der Waals surface area contributed by atoms with E-state index in [-0.39, 0.29) is 29.1 Å². The fourth-order valence-electron chi connectivity index (χ4n) is 2.67. The number of aryl methyl sites for hydroxylation is 1. The van der Waals surface area contributed by atoms with Crippen LogP contribution in [0.15, 0.2) is 17.0 Å². The Balaban J connectivity index is 2.59. The van der Waals surface area contributed by atoms with Gasteiger partial charge in [-0.05, 0) is 38.3 Å². The number of carboxylic acids is 1. The number of benzene rings is 1. The lowest BCUT2D eigenvalue weighted by Gasteiger charge is -2.22. The molecule has 1 heterocycles. The highest BCUT2D eigenvalue weighted by Gasteiger charge is 2.40. The lowest BCUT2D eigenvalue weighted by Crippen LogP contribution is -2.40. The molecular formula is C13H16N2O6S. The van der Waals surface area contributed by atoms with Gasteiger partial charge in [-0.25, -0.2) is 8.42 Å². The van der Waals surface area contributed by atoms with Crippen LogP contribution in [-0.2, 0) is 14.8 Å². The monoisotopic (exact) mass is 328 g/mol. The molecule has 2 rings (SSSR count). The van der Waals surface area contributed by atoms with Gasteiger partial charge in [-0.3, -0.25) is 14.9 Å². The van der Waals surface area contributed by atoms with Crippen LogP contribution in [0.4, 0.5) is 5.69 Å². The van der Waals surface area contributed by atoms with E-state index in [9.17, 15) is 23.3 Å². The maximum atomic E-state index is 12.7. The summed E-state index contributed by atoms with van der Waals surface area (Å²) in [6, 6.07) is 1.52. The summed E-state index contributed by atoms with van der Waals surface area (Å²) in [4.78, 5) is 21.4. The second kappa shape index (κ2) is 5.65. The largest absolute Gasteiger partial charge is 0.480 e. The van der Waals surface area contributed by atoms with E-state index >= 15 is 0 Å². The summed E-state index contributed by atoms with van der Waals surface area (Å²) >= 11 is 0. The number of nitro groups is 1. The summed E-state index contributed by atoms with van der Waals surface area (Å²) in [6.45, 7) is 3.01. The summed E-state index contributed by atoms with van der Waals surface area (Å²) < 4.78 is 26.4. The Labute approximate surface area is 127 Å². The zero-order valence-electron chi connectivity index (χ0n) is 12.1. The molecule has 0 aliphatic carbocycles. The molecule has 0 amide bonds. The van der Waals surface area contributed by atoms with E-state index in [0.717, 1.165) is 4.31 Å². The van der Waals surface area contributed by atoms with Gasteiger partial charge in [-0.15, -0.1) is 0 Å². The summed E-state index contributed by atoms with van der Waals surface area (Å²) in [5.74, 6) is -1.21. The molecule has 1 saturated heterocycles. The van der Waals surface area contributed by atoms with Crippen LogP contribution >= 0.6 is 0 Å². The van der Waals surface area contributed by atoms with Gasteiger partial charge in [0.2, 0.25) is 10.0 Å². The number of rotatable bonds is 4. The van der Waals surface area contributed by atoms with Crippen molar-refractivity contribution in [3.8, 4) is 0 Å². The highest BCUT2D eigenvalue weighted by atomic mass is 32.2. The molecule has 1 aromatic carbocycles. The Morgan fingerprint density at radius 3 is 2.59 bits per heavy atom. The number of carbonyl (C=O) groups is 1. The SMILES string of the molecule is Cc1cc([N+](=O)[O-])c(C)c(S(=O)(=O)N2CCC[C@@H]2C(=O)O)c1. The highest BCUT2D eigenvalue weighted by molar-refractivity contribution is 7.89. The molecule has 8 nitrogen and oxygen atoms in total. The molecule has 0 spiro atoms. The number of carboxylic acid groups (broad SMARTS) is 1. The van der Waals surface area contributed by atoms with Crippen LogP contribution in [-0.4, -0.2) is 41.3 Å². The highest BCUT2D eigenvalue weighted by Crippen LogP contribution is 2.32. The van der Waals surface area contributed by atoms with E-state index in [1.54, 1.807) is 6.92 Å². The minimum atomic E-state index is -4.09. The number of hydrogen-bond acceptors (Lipinski definition) is 5. The zero-order chi connectivity index (χ0) is 16.7. The number of aliphatic carboxylic acids is 1. The second-order valence-corrected chi connectivity index (χ2v) is 7.14. The van der Waals surface area contributed by atoms with Crippen LogP contribution in [0.5, 0.6) is 0 Å². The van der Waals surface area contributed by atoms with Crippen molar-refractivity contribution in [1.82, 2.24) is 4.31 Å². The minimum Gasteiger partial charge on any atom is -0.480 e. The molecule has 0 saturated carbocycles. The van der Waals surface area contributed by atoms with Crippen LogP contribution in [0, 0.1) is 24.0 Å². The minimum absolute atomic E-state index is 0.0200. The van der Waals surface area contributed by atoms with Crippen molar-refractivity contribution in [2.45, 2.75) is 37.6 Å². The van der Waals surface area contributed by atoms with Crippen molar-refractivity contribution < 1.29 is 23.2 Å². The van der Waals surface area contributed by atoms with Gasteiger partial charge in [0.1, 0.15) is 6.04 Å². The van der Waals surface area contributed by atoms with Crippen molar-refractivity contribution in [2.24, 2.45) is 0 Å². The Morgan fingerprint density at radius 2 is 2.05 bits per heavy atom. The molecule has 0 bridgehead atoms. The summed E-state index contributed by atoms with van der Waals surface area (Å²) in [7, 11) is -4.09. The molecule has 9 heteroatoms. The van der Waals surface area contributed by atoms with Gasteiger partial charge in [0, 0.05) is 18.2 Å². The van der Waals surface area contributed by atoms with Crippen LogP contribution in [0.3, 0.4) is 0 Å². The van der Waals surface area contributed by atoms with Crippen LogP contribution in [0.25, 0.3) is 0 Å². The van der Waals surface area contributed by atoms with E-state index in [1.807, 2.05) is 0 Å². The molecule has 1 aliphatic heterocycles. The first-order valence-electron chi connectivity index (χ1n) is 6.66. The van der Waals surface area contributed by atoms with E-state index in [1.165, 1.54) is 19.1 Å².